The van der Waals surface area contributed by atoms with Gasteiger partial charge in [0.25, 0.3) is 5.91 Å². The van der Waals surface area contributed by atoms with Gasteiger partial charge < -0.3 is 10.1 Å². The van der Waals surface area contributed by atoms with Gasteiger partial charge >= 0.3 is 0 Å². The predicted molar refractivity (Wildman–Crippen MR) is 111 cm³/mol. The van der Waals surface area contributed by atoms with E-state index in [-0.39, 0.29) is 11.0 Å². The van der Waals surface area contributed by atoms with Crippen LogP contribution in [0.5, 0.6) is 5.75 Å². The molecule has 0 atom stereocenters. The molecule has 0 fully saturated rings. The second-order valence-electron chi connectivity index (χ2n) is 6.43. The average Bonchev–Trinajstić information content (AvgIpc) is 2.58. The lowest BCUT2D eigenvalue weighted by atomic mass is 10.1. The molecule has 0 radical (unpaired) electrons. The SMILES string of the molecule is Cc1ccc(Cl)cc1NC(=S)NC(=O)c1cccc(OCCC(C)C)c1. The minimum Gasteiger partial charge on any atom is -0.494 e. The van der Waals surface area contributed by atoms with E-state index >= 15 is 0 Å². The average molecular weight is 391 g/mol. The van der Waals surface area contributed by atoms with Crippen LogP contribution in [0, 0.1) is 12.8 Å². The molecule has 0 aliphatic carbocycles. The number of amides is 1. The first kappa shape index (κ1) is 20.2. The van der Waals surface area contributed by atoms with Crippen LogP contribution in [-0.2, 0) is 0 Å². The van der Waals surface area contributed by atoms with Gasteiger partial charge in [0.2, 0.25) is 0 Å². The highest BCUT2D eigenvalue weighted by molar-refractivity contribution is 7.80. The van der Waals surface area contributed by atoms with Gasteiger partial charge in [-0.15, -0.1) is 0 Å². The van der Waals surface area contributed by atoms with Crippen LogP contribution in [0.25, 0.3) is 0 Å². The van der Waals surface area contributed by atoms with Crippen molar-refractivity contribution in [2.24, 2.45) is 5.92 Å². The molecule has 26 heavy (non-hydrogen) atoms. The van der Waals surface area contributed by atoms with E-state index in [0.717, 1.165) is 17.7 Å². The van der Waals surface area contributed by atoms with Gasteiger partial charge in [-0.2, -0.15) is 0 Å². The van der Waals surface area contributed by atoms with Crippen molar-refractivity contribution in [1.29, 1.82) is 0 Å². The Balaban J connectivity index is 1.96. The number of hydrogen-bond acceptors (Lipinski definition) is 3. The third-order valence-electron chi connectivity index (χ3n) is 3.74. The summed E-state index contributed by atoms with van der Waals surface area (Å²) in [6.07, 6.45) is 0.962. The highest BCUT2D eigenvalue weighted by atomic mass is 35.5. The van der Waals surface area contributed by atoms with Crippen molar-refractivity contribution in [3.05, 3.63) is 58.6 Å². The summed E-state index contributed by atoms with van der Waals surface area (Å²) in [5, 5.41) is 6.48. The van der Waals surface area contributed by atoms with Crippen molar-refractivity contribution in [1.82, 2.24) is 5.32 Å². The summed E-state index contributed by atoms with van der Waals surface area (Å²) < 4.78 is 5.69. The topological polar surface area (TPSA) is 50.4 Å². The van der Waals surface area contributed by atoms with E-state index in [1.807, 2.05) is 19.1 Å². The van der Waals surface area contributed by atoms with Gasteiger partial charge in [-0.05, 0) is 67.4 Å². The Labute approximate surface area is 164 Å². The maximum Gasteiger partial charge on any atom is 0.257 e. The number of hydrogen-bond donors (Lipinski definition) is 2. The summed E-state index contributed by atoms with van der Waals surface area (Å²) in [5.74, 6) is 0.944. The highest BCUT2D eigenvalue weighted by Crippen LogP contribution is 2.20. The first-order valence-electron chi connectivity index (χ1n) is 8.46. The van der Waals surface area contributed by atoms with Crippen LogP contribution in [0.2, 0.25) is 5.02 Å². The van der Waals surface area contributed by atoms with Crippen LogP contribution in [0.15, 0.2) is 42.5 Å². The Hall–Kier alpha value is -2.11. The summed E-state index contributed by atoms with van der Waals surface area (Å²) in [5.41, 5.74) is 2.22. The lowest BCUT2D eigenvalue weighted by Gasteiger charge is -2.13. The summed E-state index contributed by atoms with van der Waals surface area (Å²) in [4.78, 5) is 12.4. The number of nitrogens with one attached hydrogen (secondary N) is 2. The minimum absolute atomic E-state index is 0.214. The number of benzene rings is 2. The second-order valence-corrected chi connectivity index (χ2v) is 7.27. The number of carbonyl (C=O) groups excluding carboxylic acids is 1. The third-order valence-corrected chi connectivity index (χ3v) is 4.17. The summed E-state index contributed by atoms with van der Waals surface area (Å²) in [6, 6.07) is 12.5. The number of aryl methyl sites for hydroxylation is 1. The number of anilines is 1. The Bertz CT molecular complexity index is 793. The molecular weight excluding hydrogens is 368 g/mol. The predicted octanol–water partition coefficient (Wildman–Crippen LogP) is 5.20. The van der Waals surface area contributed by atoms with Crippen molar-refractivity contribution in [3.63, 3.8) is 0 Å². The first-order valence-corrected chi connectivity index (χ1v) is 9.25. The molecule has 0 bridgehead atoms. The van der Waals surface area contributed by atoms with Crippen LogP contribution in [0.4, 0.5) is 5.69 Å². The molecule has 2 rings (SSSR count). The van der Waals surface area contributed by atoms with Crippen LogP contribution in [0.1, 0.15) is 36.2 Å². The molecule has 6 heteroatoms. The fourth-order valence-corrected chi connectivity index (χ4v) is 2.57. The molecule has 2 aromatic rings. The van der Waals surface area contributed by atoms with E-state index in [4.69, 9.17) is 28.6 Å². The van der Waals surface area contributed by atoms with Gasteiger partial charge in [-0.25, -0.2) is 0 Å². The molecule has 0 aliphatic heterocycles. The summed E-state index contributed by atoms with van der Waals surface area (Å²) >= 11 is 11.2. The number of thiocarbonyl (C=S) groups is 1. The molecule has 0 heterocycles. The largest absolute Gasteiger partial charge is 0.494 e. The zero-order valence-electron chi connectivity index (χ0n) is 15.1. The van der Waals surface area contributed by atoms with E-state index < -0.39 is 0 Å². The summed E-state index contributed by atoms with van der Waals surface area (Å²) in [7, 11) is 0. The van der Waals surface area contributed by atoms with Crippen LogP contribution >= 0.6 is 23.8 Å². The number of ether oxygens (including phenoxy) is 1. The van der Waals surface area contributed by atoms with E-state index in [2.05, 4.69) is 24.5 Å². The molecular formula is C20H23ClN2O2S. The van der Waals surface area contributed by atoms with E-state index in [0.29, 0.717) is 28.9 Å². The molecule has 0 aliphatic rings. The second kappa shape index (κ2) is 9.55. The van der Waals surface area contributed by atoms with Gasteiger partial charge in [-0.1, -0.05) is 37.6 Å². The van der Waals surface area contributed by atoms with Gasteiger partial charge in [0.05, 0.1) is 6.61 Å². The van der Waals surface area contributed by atoms with Crippen LogP contribution in [0.3, 0.4) is 0 Å². The van der Waals surface area contributed by atoms with Crippen molar-refractivity contribution in [2.75, 3.05) is 11.9 Å². The molecule has 2 aromatic carbocycles. The zero-order chi connectivity index (χ0) is 19.1. The van der Waals surface area contributed by atoms with Crippen molar-refractivity contribution in [2.45, 2.75) is 27.2 Å². The van der Waals surface area contributed by atoms with Gasteiger partial charge in [0.1, 0.15) is 5.75 Å². The smallest absolute Gasteiger partial charge is 0.257 e. The first-order chi connectivity index (χ1) is 12.3. The van der Waals surface area contributed by atoms with Gasteiger partial charge in [-0.3, -0.25) is 10.1 Å². The van der Waals surface area contributed by atoms with E-state index in [9.17, 15) is 4.79 Å². The molecule has 0 spiro atoms. The maximum absolute atomic E-state index is 12.4. The van der Waals surface area contributed by atoms with Crippen molar-refractivity contribution < 1.29 is 9.53 Å². The van der Waals surface area contributed by atoms with Crippen LogP contribution in [-0.4, -0.2) is 17.6 Å². The molecule has 1 amide bonds. The fourth-order valence-electron chi connectivity index (χ4n) is 2.20. The monoisotopic (exact) mass is 390 g/mol. The Kier molecular flexibility index (Phi) is 7.42. The Morgan fingerprint density at radius 1 is 1.23 bits per heavy atom. The molecule has 4 nitrogen and oxygen atoms in total. The number of rotatable bonds is 6. The third kappa shape index (κ3) is 6.32. The molecule has 0 saturated carbocycles. The zero-order valence-corrected chi connectivity index (χ0v) is 16.7. The molecule has 0 saturated heterocycles. The van der Waals surface area contributed by atoms with E-state index in [1.54, 1.807) is 30.3 Å². The number of carbonyl (C=O) groups is 1. The Morgan fingerprint density at radius 3 is 2.73 bits per heavy atom. The van der Waals surface area contributed by atoms with Crippen LogP contribution < -0.4 is 15.4 Å². The lowest BCUT2D eigenvalue weighted by Crippen LogP contribution is -2.34. The molecule has 138 valence electrons. The van der Waals surface area contributed by atoms with Gasteiger partial charge in [0, 0.05) is 16.3 Å². The van der Waals surface area contributed by atoms with Gasteiger partial charge in [0.15, 0.2) is 5.11 Å². The highest BCUT2D eigenvalue weighted by Gasteiger charge is 2.10. The normalized spacial score (nSPS) is 10.5. The standard InChI is InChI=1S/C20H23ClN2O2S/c1-13(2)9-10-25-17-6-4-5-15(11-17)19(24)23-20(26)22-18-12-16(21)8-7-14(18)3/h4-8,11-13H,9-10H2,1-3H3,(H2,22,23,24,26). The van der Waals surface area contributed by atoms with E-state index in [1.165, 1.54) is 0 Å². The number of halogens is 1. The fraction of sp³-hybridized carbons (Fsp3) is 0.300. The minimum atomic E-state index is -0.295. The molecule has 0 aromatic heterocycles. The summed E-state index contributed by atoms with van der Waals surface area (Å²) in [6.45, 7) is 6.84. The Morgan fingerprint density at radius 2 is 2.00 bits per heavy atom. The molecule has 2 N–H and O–H groups in total. The maximum atomic E-state index is 12.4. The lowest BCUT2D eigenvalue weighted by molar-refractivity contribution is 0.0977. The van der Waals surface area contributed by atoms with Crippen molar-refractivity contribution in [3.8, 4) is 5.75 Å². The molecule has 0 unspecified atom stereocenters. The van der Waals surface area contributed by atoms with Crippen molar-refractivity contribution >= 4 is 40.5 Å². The quantitative estimate of drug-likeness (QED) is 0.665.